The fourth-order valence-electron chi connectivity index (χ4n) is 5.52. The molecule has 0 aliphatic rings. The number of hydrogen-bond acceptors (Lipinski definition) is 8. The first-order valence-electron chi connectivity index (χ1n) is 13.7. The van der Waals surface area contributed by atoms with Crippen molar-refractivity contribution in [3.8, 4) is 11.5 Å². The van der Waals surface area contributed by atoms with E-state index in [0.29, 0.717) is 38.8 Å². The van der Waals surface area contributed by atoms with Crippen molar-refractivity contribution < 1.29 is 17.9 Å². The van der Waals surface area contributed by atoms with Crippen LogP contribution in [-0.2, 0) is 21.1 Å². The number of carbonyl (C=O) groups is 1. The van der Waals surface area contributed by atoms with E-state index >= 15 is 0 Å². The fraction of sp³-hybridized carbons (Fsp3) is 0.552. The first kappa shape index (κ1) is 32.2. The lowest BCUT2D eigenvalue weighted by Gasteiger charge is -2.38. The number of hydrogen-bond donors (Lipinski definition) is 0. The van der Waals surface area contributed by atoms with Crippen LogP contribution in [0.3, 0.4) is 0 Å². The van der Waals surface area contributed by atoms with Gasteiger partial charge >= 0.3 is 6.09 Å². The fourth-order valence-corrected chi connectivity index (χ4v) is 11.2. The molecule has 0 saturated carbocycles. The average Bonchev–Trinajstić information content (AvgIpc) is 3.30. The number of aromatic nitrogens is 5. The van der Waals surface area contributed by atoms with Crippen LogP contribution in [-0.4, -0.2) is 58.8 Å². The van der Waals surface area contributed by atoms with Crippen molar-refractivity contribution in [1.29, 1.82) is 0 Å². The summed E-state index contributed by atoms with van der Waals surface area (Å²) in [5, 5.41) is 4.15. The number of sulfone groups is 1. The molecule has 222 valence electrons. The summed E-state index contributed by atoms with van der Waals surface area (Å²) in [6.45, 7) is 20.1. The lowest BCUT2D eigenvalue weighted by Crippen LogP contribution is -2.43. The first-order valence-corrected chi connectivity index (χ1v) is 17.8. The minimum Gasteiger partial charge on any atom is -0.442 e. The van der Waals surface area contributed by atoms with E-state index in [-0.39, 0.29) is 12.2 Å². The maximum absolute atomic E-state index is 13.9. The quantitative estimate of drug-likeness (QED) is 0.218. The molecule has 3 aromatic heterocycles. The van der Waals surface area contributed by atoms with Crippen molar-refractivity contribution in [2.75, 3.05) is 6.26 Å². The van der Waals surface area contributed by atoms with E-state index in [0.717, 1.165) is 10.9 Å². The third-order valence-corrected chi connectivity index (χ3v) is 14.6. The molecule has 0 spiro atoms. The standard InChI is InChI=1S/C29H41N5O5SSi/c1-18(2)41(19(3)4,20(5)6)15-13-23-21(7)26(35)33(25-24(23)16-30-27(32-25)40(11,37)38)17-22-12-14-31-34(22)28(36)39-29(8,9)10/h12,14,16,18-20H,17H2,1-11H3. The number of rotatable bonds is 6. The van der Waals surface area contributed by atoms with Gasteiger partial charge in [-0.2, -0.15) is 14.8 Å². The van der Waals surface area contributed by atoms with Gasteiger partial charge in [-0.05, 0) is 50.4 Å². The van der Waals surface area contributed by atoms with Gasteiger partial charge in [0.1, 0.15) is 19.3 Å². The monoisotopic (exact) mass is 599 g/mol. The van der Waals surface area contributed by atoms with Crippen LogP contribution < -0.4 is 5.56 Å². The van der Waals surface area contributed by atoms with E-state index in [1.165, 1.54) is 17.0 Å². The van der Waals surface area contributed by atoms with E-state index in [9.17, 15) is 18.0 Å². The van der Waals surface area contributed by atoms with Crippen molar-refractivity contribution in [1.82, 2.24) is 24.3 Å². The highest BCUT2D eigenvalue weighted by atomic mass is 32.2. The summed E-state index contributed by atoms with van der Waals surface area (Å²) in [7, 11) is -5.93. The second-order valence-corrected chi connectivity index (χ2v) is 19.9. The molecule has 12 heteroatoms. The number of pyridine rings is 1. The molecule has 3 aromatic rings. The van der Waals surface area contributed by atoms with Gasteiger partial charge in [0.15, 0.2) is 0 Å². The zero-order valence-corrected chi connectivity index (χ0v) is 27.7. The third-order valence-electron chi connectivity index (χ3n) is 7.42. The van der Waals surface area contributed by atoms with Crippen LogP contribution >= 0.6 is 0 Å². The van der Waals surface area contributed by atoms with E-state index in [1.807, 2.05) is 0 Å². The topological polar surface area (TPSA) is 126 Å². The summed E-state index contributed by atoms with van der Waals surface area (Å²) in [6.07, 6.45) is 3.17. The van der Waals surface area contributed by atoms with E-state index in [2.05, 4.69) is 68.1 Å². The van der Waals surface area contributed by atoms with Gasteiger partial charge in [-0.1, -0.05) is 47.5 Å². The van der Waals surface area contributed by atoms with Crippen LogP contribution in [0.5, 0.6) is 0 Å². The van der Waals surface area contributed by atoms with E-state index < -0.39 is 40.3 Å². The van der Waals surface area contributed by atoms with Gasteiger partial charge in [0, 0.05) is 29.8 Å². The van der Waals surface area contributed by atoms with Crippen LogP contribution in [0.4, 0.5) is 4.79 Å². The molecule has 3 heterocycles. The maximum Gasteiger partial charge on any atom is 0.435 e. The first-order chi connectivity index (χ1) is 18.8. The molecule has 0 bridgehead atoms. The van der Waals surface area contributed by atoms with Gasteiger partial charge in [0.25, 0.3) is 5.56 Å². The molecule has 41 heavy (non-hydrogen) atoms. The summed E-state index contributed by atoms with van der Waals surface area (Å²) in [5.74, 6) is 3.36. The van der Waals surface area contributed by atoms with Crippen LogP contribution in [0.25, 0.3) is 11.0 Å². The van der Waals surface area contributed by atoms with Gasteiger partial charge in [0.05, 0.1) is 17.6 Å². The Morgan fingerprint density at radius 1 is 1.10 bits per heavy atom. The minimum atomic E-state index is -3.78. The van der Waals surface area contributed by atoms with Crippen molar-refractivity contribution >= 4 is 35.0 Å². The normalized spacial score (nSPS) is 12.7. The van der Waals surface area contributed by atoms with Crippen molar-refractivity contribution in [2.24, 2.45) is 0 Å². The summed E-state index contributed by atoms with van der Waals surface area (Å²) >= 11 is 0. The van der Waals surface area contributed by atoms with Gasteiger partial charge in [-0.3, -0.25) is 9.36 Å². The molecule has 0 aliphatic carbocycles. The highest BCUT2D eigenvalue weighted by molar-refractivity contribution is 7.90. The Morgan fingerprint density at radius 3 is 2.20 bits per heavy atom. The molecule has 3 rings (SSSR count). The molecule has 0 N–H and O–H groups in total. The highest BCUT2D eigenvalue weighted by Gasteiger charge is 2.41. The number of fused-ring (bicyclic) bond motifs is 1. The zero-order valence-electron chi connectivity index (χ0n) is 25.9. The van der Waals surface area contributed by atoms with Crippen LogP contribution in [0.2, 0.25) is 16.6 Å². The van der Waals surface area contributed by atoms with Crippen molar-refractivity contribution in [3.63, 3.8) is 0 Å². The summed E-state index contributed by atoms with van der Waals surface area (Å²) in [5.41, 5.74) is 5.00. The molecule has 0 atom stereocenters. The smallest absolute Gasteiger partial charge is 0.435 e. The molecule has 10 nitrogen and oxygen atoms in total. The summed E-state index contributed by atoms with van der Waals surface area (Å²) in [4.78, 5) is 35.1. The Kier molecular flexibility index (Phi) is 9.06. The van der Waals surface area contributed by atoms with Gasteiger partial charge in [-0.15, -0.1) is 5.54 Å². The predicted octanol–water partition coefficient (Wildman–Crippen LogP) is 5.10. The minimum absolute atomic E-state index is 0.105. The van der Waals surface area contributed by atoms with Crippen LogP contribution in [0.1, 0.15) is 79.1 Å². The molecule has 0 saturated heterocycles. The Hall–Kier alpha value is -3.30. The maximum atomic E-state index is 13.9. The molecule has 0 fully saturated rings. The van der Waals surface area contributed by atoms with Crippen molar-refractivity contribution in [3.05, 3.63) is 45.6 Å². The zero-order chi connectivity index (χ0) is 31.1. The lowest BCUT2D eigenvalue weighted by molar-refractivity contribution is 0.0509. The van der Waals surface area contributed by atoms with Crippen LogP contribution in [0.15, 0.2) is 28.4 Å². The van der Waals surface area contributed by atoms with E-state index in [1.54, 1.807) is 33.8 Å². The van der Waals surface area contributed by atoms with Gasteiger partial charge < -0.3 is 4.74 Å². The number of carbonyl (C=O) groups excluding carboxylic acids is 1. The average molecular weight is 600 g/mol. The molecule has 0 unspecified atom stereocenters. The lowest BCUT2D eigenvalue weighted by atomic mass is 10.1. The predicted molar refractivity (Wildman–Crippen MR) is 163 cm³/mol. The van der Waals surface area contributed by atoms with Crippen molar-refractivity contribution in [2.45, 2.75) is 103 Å². The Bertz CT molecular complexity index is 1680. The Balaban J connectivity index is 2.34. The van der Waals surface area contributed by atoms with Gasteiger partial charge in [0.2, 0.25) is 15.0 Å². The van der Waals surface area contributed by atoms with Crippen LogP contribution in [0, 0.1) is 18.4 Å². The Morgan fingerprint density at radius 2 is 1.68 bits per heavy atom. The summed E-state index contributed by atoms with van der Waals surface area (Å²) in [6, 6.07) is 1.60. The third kappa shape index (κ3) is 6.46. The molecule has 0 radical (unpaired) electrons. The van der Waals surface area contributed by atoms with Gasteiger partial charge in [-0.25, -0.2) is 18.2 Å². The molecular formula is C29H41N5O5SSi. The molecule has 0 aliphatic heterocycles. The summed E-state index contributed by atoms with van der Waals surface area (Å²) < 4.78 is 32.7. The molecule has 0 aromatic carbocycles. The van der Waals surface area contributed by atoms with E-state index in [4.69, 9.17) is 4.74 Å². The largest absolute Gasteiger partial charge is 0.442 e. The highest BCUT2D eigenvalue weighted by Crippen LogP contribution is 2.41. The molecule has 0 amide bonds. The SMILES string of the molecule is Cc1c(C#C[Si](C(C)C)(C(C)C)C(C)C)c2cnc(S(C)(=O)=O)nc2n(Cc2ccnn2C(=O)OC(C)(C)C)c1=O. The number of nitrogens with zero attached hydrogens (tertiary/aromatic N) is 5. The second kappa shape index (κ2) is 11.5. The molecular weight excluding hydrogens is 559 g/mol. The Labute approximate surface area is 243 Å². The number of ether oxygens (including phenoxy) is 1. The second-order valence-electron chi connectivity index (χ2n) is 12.4.